The third-order valence-corrected chi connectivity index (χ3v) is 5.09. The Kier molecular flexibility index (Phi) is 4.70. The number of anilines is 1. The highest BCUT2D eigenvalue weighted by molar-refractivity contribution is 6.03. The molecule has 0 saturated carbocycles. The number of carbonyl (C=O) groups excluding carboxylic acids is 1. The number of nitrogens with zero attached hydrogens (tertiary/aromatic N) is 4. The van der Waals surface area contributed by atoms with Crippen LogP contribution in [-0.4, -0.2) is 44.8 Å². The van der Waals surface area contributed by atoms with Crippen LogP contribution < -0.4 is 10.8 Å². The van der Waals surface area contributed by atoms with Crippen molar-refractivity contribution in [1.29, 1.82) is 0 Å². The minimum atomic E-state index is -0.304. The molecule has 0 aliphatic carbocycles. The first-order chi connectivity index (χ1) is 14.3. The van der Waals surface area contributed by atoms with Crippen molar-refractivity contribution in [3.63, 3.8) is 0 Å². The van der Waals surface area contributed by atoms with Gasteiger partial charge in [-0.2, -0.15) is 5.10 Å². The van der Waals surface area contributed by atoms with Crippen LogP contribution in [0.5, 0.6) is 0 Å². The summed E-state index contributed by atoms with van der Waals surface area (Å²) in [5, 5.41) is 9.94. The summed E-state index contributed by atoms with van der Waals surface area (Å²) in [5.41, 5.74) is 6.86. The van der Waals surface area contributed by atoms with Gasteiger partial charge >= 0.3 is 0 Å². The number of aryl methyl sites for hydroxylation is 1. The minimum Gasteiger partial charge on any atom is -0.372 e. The highest BCUT2D eigenvalue weighted by Crippen LogP contribution is 2.37. The lowest BCUT2D eigenvalue weighted by molar-refractivity contribution is 0.0538. The van der Waals surface area contributed by atoms with Crippen LogP contribution in [0.2, 0.25) is 0 Å². The zero-order valence-corrected chi connectivity index (χ0v) is 17.9. The Morgan fingerprint density at radius 1 is 1.23 bits per heavy atom. The van der Waals surface area contributed by atoms with Gasteiger partial charge in [0.25, 0.3) is 5.91 Å². The summed E-state index contributed by atoms with van der Waals surface area (Å²) >= 11 is 0. The predicted molar refractivity (Wildman–Crippen MR) is 116 cm³/mol. The van der Waals surface area contributed by atoms with E-state index in [2.05, 4.69) is 46.5 Å². The molecule has 3 heterocycles. The van der Waals surface area contributed by atoms with Gasteiger partial charge in [0.05, 0.1) is 23.7 Å². The van der Waals surface area contributed by atoms with Crippen molar-refractivity contribution in [3.05, 3.63) is 35.7 Å². The Balaban J connectivity index is 1.98. The Labute approximate surface area is 173 Å². The standard InChI is InChI=1S/C21H25N7O2/c1-11-13-8-7-12(20(29)27-30-6)9-14(13)25-16(11)17-15-18(22-5)23-10-24-19(15)28(26-17)21(2,3)4/h7-10,25H,1-6H3,(H,27,29)(H,22,23,24). The SMILES string of the molecule is CNc1ncnc2c1c(-c1[nH]c3cc(C(=O)NOC)ccc3c1C)nn2C(C)(C)C. The minimum absolute atomic E-state index is 0.263. The molecule has 9 nitrogen and oxygen atoms in total. The van der Waals surface area contributed by atoms with Crippen LogP contribution in [0.15, 0.2) is 24.5 Å². The number of amides is 1. The molecular formula is C21H25N7O2. The van der Waals surface area contributed by atoms with Crippen molar-refractivity contribution in [3.8, 4) is 11.4 Å². The highest BCUT2D eigenvalue weighted by Gasteiger charge is 2.26. The molecule has 9 heteroatoms. The average molecular weight is 407 g/mol. The first kappa shape index (κ1) is 19.8. The van der Waals surface area contributed by atoms with Crippen molar-refractivity contribution in [2.24, 2.45) is 0 Å². The number of carbonyl (C=O) groups is 1. The summed E-state index contributed by atoms with van der Waals surface area (Å²) in [6.07, 6.45) is 1.54. The fraction of sp³-hybridized carbons (Fsp3) is 0.333. The molecule has 156 valence electrons. The van der Waals surface area contributed by atoms with E-state index in [4.69, 9.17) is 9.94 Å². The molecular weight excluding hydrogens is 382 g/mol. The molecule has 4 rings (SSSR count). The first-order valence-electron chi connectivity index (χ1n) is 9.64. The molecule has 3 N–H and O–H groups in total. The molecule has 0 aliphatic heterocycles. The first-order valence-corrected chi connectivity index (χ1v) is 9.64. The van der Waals surface area contributed by atoms with E-state index in [0.29, 0.717) is 11.4 Å². The summed E-state index contributed by atoms with van der Waals surface area (Å²) in [7, 11) is 3.24. The molecule has 1 amide bonds. The second-order valence-corrected chi connectivity index (χ2v) is 8.12. The number of benzene rings is 1. The van der Waals surface area contributed by atoms with Crippen LogP contribution in [0.25, 0.3) is 33.3 Å². The quantitative estimate of drug-likeness (QED) is 0.448. The second-order valence-electron chi connectivity index (χ2n) is 8.12. The fourth-order valence-corrected chi connectivity index (χ4v) is 3.65. The zero-order chi connectivity index (χ0) is 21.6. The van der Waals surface area contributed by atoms with Crippen molar-refractivity contribution in [2.75, 3.05) is 19.5 Å². The molecule has 0 fully saturated rings. The number of hydroxylamine groups is 1. The highest BCUT2D eigenvalue weighted by atomic mass is 16.6. The maximum absolute atomic E-state index is 12.1. The average Bonchev–Trinajstić information content (AvgIpc) is 3.25. The van der Waals surface area contributed by atoms with Crippen LogP contribution in [0.1, 0.15) is 36.7 Å². The smallest absolute Gasteiger partial charge is 0.274 e. The molecule has 0 aliphatic rings. The van der Waals surface area contributed by atoms with Gasteiger partial charge in [0.2, 0.25) is 0 Å². The lowest BCUT2D eigenvalue weighted by Gasteiger charge is -2.19. The van der Waals surface area contributed by atoms with Gasteiger partial charge in [0.1, 0.15) is 17.8 Å². The summed E-state index contributed by atoms with van der Waals surface area (Å²) in [6, 6.07) is 5.50. The fourth-order valence-electron chi connectivity index (χ4n) is 3.65. The van der Waals surface area contributed by atoms with Crippen LogP contribution in [-0.2, 0) is 10.4 Å². The van der Waals surface area contributed by atoms with Crippen LogP contribution in [0.4, 0.5) is 5.82 Å². The maximum atomic E-state index is 12.1. The molecule has 0 bridgehead atoms. The van der Waals surface area contributed by atoms with Crippen molar-refractivity contribution < 1.29 is 9.63 Å². The van der Waals surface area contributed by atoms with Crippen molar-refractivity contribution in [1.82, 2.24) is 30.2 Å². The summed E-state index contributed by atoms with van der Waals surface area (Å²) in [4.78, 5) is 29.2. The topological polar surface area (TPSA) is 110 Å². The number of rotatable bonds is 4. The Morgan fingerprint density at radius 3 is 2.67 bits per heavy atom. The van der Waals surface area contributed by atoms with Crippen LogP contribution in [0, 0.1) is 6.92 Å². The van der Waals surface area contributed by atoms with Gasteiger partial charge in [0, 0.05) is 23.5 Å². The summed E-state index contributed by atoms with van der Waals surface area (Å²) < 4.78 is 1.92. The van der Waals surface area contributed by atoms with Gasteiger partial charge in [0.15, 0.2) is 5.65 Å². The number of aromatic amines is 1. The second kappa shape index (κ2) is 7.10. The summed E-state index contributed by atoms with van der Waals surface area (Å²) in [5.74, 6) is 0.408. The molecule has 0 spiro atoms. The monoisotopic (exact) mass is 407 g/mol. The van der Waals surface area contributed by atoms with Crippen LogP contribution in [0.3, 0.4) is 0 Å². The Bertz CT molecular complexity index is 1260. The molecule has 1 aromatic carbocycles. The van der Waals surface area contributed by atoms with E-state index in [0.717, 1.165) is 38.9 Å². The van der Waals surface area contributed by atoms with Gasteiger partial charge in [-0.25, -0.2) is 20.1 Å². The van der Waals surface area contributed by atoms with Gasteiger partial charge < -0.3 is 10.3 Å². The van der Waals surface area contributed by atoms with E-state index >= 15 is 0 Å². The lowest BCUT2D eigenvalue weighted by Crippen LogP contribution is -2.23. The third-order valence-electron chi connectivity index (χ3n) is 5.09. The van der Waals surface area contributed by atoms with Crippen LogP contribution >= 0.6 is 0 Å². The van der Waals surface area contributed by atoms with Crippen molar-refractivity contribution in [2.45, 2.75) is 33.2 Å². The molecule has 0 atom stereocenters. The van der Waals surface area contributed by atoms with Gasteiger partial charge in [-0.05, 0) is 45.4 Å². The molecule has 30 heavy (non-hydrogen) atoms. The van der Waals surface area contributed by atoms with E-state index in [1.54, 1.807) is 18.5 Å². The number of fused-ring (bicyclic) bond motifs is 2. The van der Waals surface area contributed by atoms with E-state index in [1.165, 1.54) is 7.11 Å². The number of aromatic nitrogens is 5. The Hall–Kier alpha value is -3.46. The summed E-state index contributed by atoms with van der Waals surface area (Å²) in [6.45, 7) is 8.29. The molecule has 3 aromatic heterocycles. The van der Waals surface area contributed by atoms with E-state index in [1.807, 2.05) is 24.7 Å². The lowest BCUT2D eigenvalue weighted by atomic mass is 10.1. The number of hydrogen-bond acceptors (Lipinski definition) is 6. The van der Waals surface area contributed by atoms with E-state index < -0.39 is 0 Å². The van der Waals surface area contributed by atoms with E-state index in [9.17, 15) is 4.79 Å². The third kappa shape index (κ3) is 3.07. The predicted octanol–water partition coefficient (Wildman–Crippen LogP) is 3.37. The molecule has 0 unspecified atom stereocenters. The van der Waals surface area contributed by atoms with Crippen molar-refractivity contribution >= 4 is 33.7 Å². The van der Waals surface area contributed by atoms with Gasteiger partial charge in [-0.15, -0.1) is 0 Å². The number of hydrogen-bond donors (Lipinski definition) is 3. The molecule has 0 saturated heterocycles. The molecule has 4 aromatic rings. The van der Waals surface area contributed by atoms with Gasteiger partial charge in [-0.3, -0.25) is 9.63 Å². The normalized spacial score (nSPS) is 11.9. The largest absolute Gasteiger partial charge is 0.372 e. The number of H-pyrrole nitrogens is 1. The van der Waals surface area contributed by atoms with Gasteiger partial charge in [-0.1, -0.05) is 6.07 Å². The molecule has 0 radical (unpaired) electrons. The Morgan fingerprint density at radius 2 is 2.00 bits per heavy atom. The van der Waals surface area contributed by atoms with E-state index in [-0.39, 0.29) is 11.4 Å². The maximum Gasteiger partial charge on any atom is 0.274 e. The zero-order valence-electron chi connectivity index (χ0n) is 17.9. The number of nitrogens with one attached hydrogen (secondary N) is 3.